The maximum absolute atomic E-state index is 11.2. The van der Waals surface area contributed by atoms with E-state index in [-0.39, 0.29) is 6.42 Å². The van der Waals surface area contributed by atoms with Crippen LogP contribution < -0.4 is 0 Å². The lowest BCUT2D eigenvalue weighted by atomic mass is 10.1. The average Bonchev–Trinajstić information content (AvgIpc) is 2.28. The molecule has 1 atom stereocenters. The average molecular weight is 222 g/mol. The minimum absolute atomic E-state index is 0.0279. The predicted octanol–water partition coefficient (Wildman–Crippen LogP) is 1.85. The number of carbonyl (C=O) groups is 2. The van der Waals surface area contributed by atoms with Gasteiger partial charge >= 0.3 is 11.9 Å². The molecule has 0 N–H and O–H groups in total. The number of benzene rings is 1. The highest BCUT2D eigenvalue weighted by Crippen LogP contribution is 2.21. The van der Waals surface area contributed by atoms with E-state index in [0.29, 0.717) is 0 Å². The quantitative estimate of drug-likeness (QED) is 0.729. The smallest absolute Gasteiger partial charge is 0.309 e. The lowest BCUT2D eigenvalue weighted by Crippen LogP contribution is -2.14. The van der Waals surface area contributed by atoms with Crippen molar-refractivity contribution < 1.29 is 19.1 Å². The molecule has 0 saturated heterocycles. The molecule has 0 bridgehead atoms. The van der Waals surface area contributed by atoms with Crippen molar-refractivity contribution in [3.8, 4) is 0 Å². The maximum atomic E-state index is 11.2. The highest BCUT2D eigenvalue weighted by atomic mass is 16.6. The Kier molecular flexibility index (Phi) is 4.51. The van der Waals surface area contributed by atoms with Crippen molar-refractivity contribution in [2.75, 3.05) is 7.11 Å². The van der Waals surface area contributed by atoms with Crippen molar-refractivity contribution >= 4 is 11.9 Å². The van der Waals surface area contributed by atoms with Gasteiger partial charge in [-0.2, -0.15) is 0 Å². The maximum Gasteiger partial charge on any atom is 0.309 e. The summed E-state index contributed by atoms with van der Waals surface area (Å²) in [6.45, 7) is 1.31. The third kappa shape index (κ3) is 3.73. The van der Waals surface area contributed by atoms with E-state index in [2.05, 4.69) is 4.74 Å². The van der Waals surface area contributed by atoms with Gasteiger partial charge in [-0.3, -0.25) is 9.59 Å². The second kappa shape index (κ2) is 5.90. The van der Waals surface area contributed by atoms with Gasteiger partial charge in [0.1, 0.15) is 6.10 Å². The van der Waals surface area contributed by atoms with Crippen molar-refractivity contribution in [2.24, 2.45) is 0 Å². The summed E-state index contributed by atoms with van der Waals surface area (Å²) >= 11 is 0. The molecule has 0 aliphatic rings. The molecule has 0 spiro atoms. The highest BCUT2D eigenvalue weighted by molar-refractivity contribution is 5.71. The van der Waals surface area contributed by atoms with Crippen molar-refractivity contribution in [3.05, 3.63) is 35.9 Å². The lowest BCUT2D eigenvalue weighted by molar-refractivity contribution is -0.152. The Morgan fingerprint density at radius 1 is 1.25 bits per heavy atom. The number of hydrogen-bond acceptors (Lipinski definition) is 4. The second-order valence-corrected chi connectivity index (χ2v) is 3.29. The van der Waals surface area contributed by atoms with Crippen LogP contribution in [0.1, 0.15) is 25.0 Å². The SMILES string of the molecule is COC(=O)CC(OC(C)=O)c1ccccc1. The summed E-state index contributed by atoms with van der Waals surface area (Å²) in [6.07, 6.45) is -0.550. The molecule has 0 radical (unpaired) electrons. The molecule has 0 saturated carbocycles. The molecule has 0 heterocycles. The highest BCUT2D eigenvalue weighted by Gasteiger charge is 2.18. The first-order chi connectivity index (χ1) is 7.63. The number of rotatable bonds is 4. The van der Waals surface area contributed by atoms with Crippen LogP contribution in [0.3, 0.4) is 0 Å². The van der Waals surface area contributed by atoms with Crippen LogP contribution in [-0.2, 0) is 19.1 Å². The molecule has 0 aliphatic heterocycles. The van der Waals surface area contributed by atoms with E-state index >= 15 is 0 Å². The minimum atomic E-state index is -0.578. The molecule has 1 unspecified atom stereocenters. The fourth-order valence-corrected chi connectivity index (χ4v) is 1.33. The van der Waals surface area contributed by atoms with Gasteiger partial charge in [0.25, 0.3) is 0 Å². The van der Waals surface area contributed by atoms with Crippen LogP contribution in [0, 0.1) is 0 Å². The first-order valence-electron chi connectivity index (χ1n) is 4.92. The zero-order valence-corrected chi connectivity index (χ0v) is 9.30. The Hall–Kier alpha value is -1.84. The van der Waals surface area contributed by atoms with E-state index in [1.165, 1.54) is 14.0 Å². The monoisotopic (exact) mass is 222 g/mol. The molecular formula is C12H14O4. The summed E-state index contributed by atoms with van der Waals surface area (Å²) in [7, 11) is 1.30. The molecule has 1 rings (SSSR count). The van der Waals surface area contributed by atoms with E-state index in [4.69, 9.17) is 4.74 Å². The van der Waals surface area contributed by atoms with Crippen LogP contribution in [0.5, 0.6) is 0 Å². The van der Waals surface area contributed by atoms with Crippen molar-refractivity contribution in [2.45, 2.75) is 19.4 Å². The summed E-state index contributed by atoms with van der Waals surface area (Å²) in [5, 5.41) is 0. The van der Waals surface area contributed by atoms with Crippen LogP contribution in [0.15, 0.2) is 30.3 Å². The summed E-state index contributed by atoms with van der Waals surface area (Å²) in [5.41, 5.74) is 0.781. The number of ether oxygens (including phenoxy) is 2. The van der Waals surface area contributed by atoms with E-state index in [1.54, 1.807) is 12.1 Å². The first-order valence-corrected chi connectivity index (χ1v) is 4.92. The first kappa shape index (κ1) is 12.2. The van der Waals surface area contributed by atoms with Crippen LogP contribution in [-0.4, -0.2) is 19.0 Å². The molecule has 16 heavy (non-hydrogen) atoms. The summed E-state index contributed by atoms with van der Waals surface area (Å²) in [6, 6.07) is 9.10. The van der Waals surface area contributed by atoms with Crippen LogP contribution in [0.25, 0.3) is 0 Å². The second-order valence-electron chi connectivity index (χ2n) is 3.29. The van der Waals surface area contributed by atoms with Gasteiger partial charge < -0.3 is 9.47 Å². The molecule has 1 aromatic carbocycles. The third-order valence-corrected chi connectivity index (χ3v) is 2.06. The van der Waals surface area contributed by atoms with E-state index < -0.39 is 18.0 Å². The van der Waals surface area contributed by atoms with Gasteiger partial charge in [-0.15, -0.1) is 0 Å². The van der Waals surface area contributed by atoms with Crippen molar-refractivity contribution in [3.63, 3.8) is 0 Å². The van der Waals surface area contributed by atoms with Gasteiger partial charge in [0, 0.05) is 6.92 Å². The number of esters is 2. The van der Waals surface area contributed by atoms with Gasteiger partial charge in [-0.1, -0.05) is 30.3 Å². The zero-order chi connectivity index (χ0) is 12.0. The Morgan fingerprint density at radius 2 is 1.88 bits per heavy atom. The number of methoxy groups -OCH3 is 1. The van der Waals surface area contributed by atoms with E-state index in [9.17, 15) is 9.59 Å². The van der Waals surface area contributed by atoms with Gasteiger partial charge in [0.05, 0.1) is 13.5 Å². The Labute approximate surface area is 94.2 Å². The number of carbonyl (C=O) groups excluding carboxylic acids is 2. The van der Waals surface area contributed by atoms with Crippen LogP contribution in [0.2, 0.25) is 0 Å². The normalized spacial score (nSPS) is 11.6. The third-order valence-electron chi connectivity index (χ3n) is 2.06. The van der Waals surface area contributed by atoms with E-state index in [1.807, 2.05) is 18.2 Å². The predicted molar refractivity (Wildman–Crippen MR) is 57.6 cm³/mol. The molecule has 0 amide bonds. The fourth-order valence-electron chi connectivity index (χ4n) is 1.33. The zero-order valence-electron chi connectivity index (χ0n) is 9.30. The fraction of sp³-hybridized carbons (Fsp3) is 0.333. The molecule has 4 heteroatoms. The van der Waals surface area contributed by atoms with Gasteiger partial charge in [-0.05, 0) is 5.56 Å². The summed E-state index contributed by atoms with van der Waals surface area (Å²) in [4.78, 5) is 22.1. The van der Waals surface area contributed by atoms with Crippen LogP contribution >= 0.6 is 0 Å². The van der Waals surface area contributed by atoms with Crippen molar-refractivity contribution in [1.29, 1.82) is 0 Å². The molecular weight excluding hydrogens is 208 g/mol. The van der Waals surface area contributed by atoms with Crippen LogP contribution in [0.4, 0.5) is 0 Å². The Morgan fingerprint density at radius 3 is 2.38 bits per heavy atom. The Balaban J connectivity index is 2.79. The molecule has 1 aromatic rings. The lowest BCUT2D eigenvalue weighted by Gasteiger charge is -2.15. The Bertz CT molecular complexity index is 359. The number of hydrogen-bond donors (Lipinski definition) is 0. The van der Waals surface area contributed by atoms with Gasteiger partial charge in [-0.25, -0.2) is 0 Å². The molecule has 86 valence electrons. The molecule has 0 aromatic heterocycles. The van der Waals surface area contributed by atoms with Gasteiger partial charge in [0.15, 0.2) is 0 Å². The standard InChI is InChI=1S/C12H14O4/c1-9(13)16-11(8-12(14)15-2)10-6-4-3-5-7-10/h3-7,11H,8H2,1-2H3. The summed E-state index contributed by atoms with van der Waals surface area (Å²) in [5.74, 6) is -0.826. The molecule has 0 fully saturated rings. The minimum Gasteiger partial charge on any atom is -0.469 e. The largest absolute Gasteiger partial charge is 0.469 e. The van der Waals surface area contributed by atoms with Crippen molar-refractivity contribution in [1.82, 2.24) is 0 Å². The van der Waals surface area contributed by atoms with E-state index in [0.717, 1.165) is 5.56 Å². The van der Waals surface area contributed by atoms with Gasteiger partial charge in [0.2, 0.25) is 0 Å². The summed E-state index contributed by atoms with van der Waals surface area (Å²) < 4.78 is 9.62. The molecule has 4 nitrogen and oxygen atoms in total. The topological polar surface area (TPSA) is 52.6 Å². The molecule has 0 aliphatic carbocycles.